The van der Waals surface area contributed by atoms with Crippen LogP contribution in [0, 0.1) is 18.7 Å². The number of carbonyl (C=O) groups excluding carboxylic acids is 2. The van der Waals surface area contributed by atoms with Gasteiger partial charge < -0.3 is 19.4 Å². The van der Waals surface area contributed by atoms with Gasteiger partial charge >= 0.3 is 6.09 Å². The minimum Gasteiger partial charge on any atom is -0.444 e. The average Bonchev–Trinajstić information content (AvgIpc) is 3.13. The summed E-state index contributed by atoms with van der Waals surface area (Å²) in [6.45, 7) is 8.56. The van der Waals surface area contributed by atoms with Crippen molar-refractivity contribution in [1.29, 1.82) is 0 Å². The number of hydrogen-bond donors (Lipinski definition) is 1. The molecule has 1 aliphatic rings. The summed E-state index contributed by atoms with van der Waals surface area (Å²) in [5.74, 6) is 0.683. The smallest absolute Gasteiger partial charge is 0.410 e. The van der Waals surface area contributed by atoms with Crippen LogP contribution >= 0.6 is 0 Å². The van der Waals surface area contributed by atoms with E-state index in [9.17, 15) is 14.0 Å². The summed E-state index contributed by atoms with van der Waals surface area (Å²) in [5.41, 5.74) is -0.152. The van der Waals surface area contributed by atoms with Gasteiger partial charge in [0.05, 0.1) is 6.20 Å². The van der Waals surface area contributed by atoms with Crippen LogP contribution in [0.4, 0.5) is 9.18 Å². The van der Waals surface area contributed by atoms with Crippen LogP contribution in [-0.2, 0) is 4.74 Å². The van der Waals surface area contributed by atoms with E-state index in [4.69, 9.17) is 9.15 Å². The summed E-state index contributed by atoms with van der Waals surface area (Å²) in [7, 11) is 0. The first-order chi connectivity index (χ1) is 14.6. The lowest BCUT2D eigenvalue weighted by molar-refractivity contribution is 0.0177. The molecule has 0 spiro atoms. The second-order valence-corrected chi connectivity index (χ2v) is 8.99. The lowest BCUT2D eigenvalue weighted by Gasteiger charge is -2.34. The van der Waals surface area contributed by atoms with Crippen LogP contribution in [-0.4, -0.2) is 40.6 Å². The fourth-order valence-electron chi connectivity index (χ4n) is 3.61. The number of rotatable bonds is 5. The highest BCUT2D eigenvalue weighted by molar-refractivity contribution is 5.94. The highest BCUT2D eigenvalue weighted by Gasteiger charge is 2.30. The van der Waals surface area contributed by atoms with Gasteiger partial charge in [-0.1, -0.05) is 0 Å². The van der Waals surface area contributed by atoms with E-state index in [1.165, 1.54) is 24.3 Å². The number of piperidine rings is 1. The van der Waals surface area contributed by atoms with Gasteiger partial charge in [0.25, 0.3) is 5.91 Å². The third-order valence-corrected chi connectivity index (χ3v) is 5.18. The Morgan fingerprint density at radius 3 is 2.45 bits per heavy atom. The molecule has 1 aromatic heterocycles. The zero-order valence-corrected chi connectivity index (χ0v) is 18.5. The molecule has 1 aliphatic heterocycles. The Bertz CT molecular complexity index is 896. The van der Waals surface area contributed by atoms with E-state index in [1.54, 1.807) is 18.0 Å². The number of nitrogens with zero attached hydrogens (tertiary/aromatic N) is 2. The Hall–Kier alpha value is -2.90. The van der Waals surface area contributed by atoms with E-state index >= 15 is 0 Å². The number of oxazole rings is 1. The summed E-state index contributed by atoms with van der Waals surface area (Å²) in [4.78, 5) is 31.0. The fraction of sp³-hybridized carbons (Fsp3) is 0.522. The number of likely N-dealkylation sites (tertiary alicyclic amines) is 1. The number of nitrogens with one attached hydrogen (secondary N) is 1. The van der Waals surface area contributed by atoms with Gasteiger partial charge in [-0.3, -0.25) is 4.79 Å². The molecule has 2 heterocycles. The number of halogens is 1. The van der Waals surface area contributed by atoms with Gasteiger partial charge in [-0.05, 0) is 77.1 Å². The fourth-order valence-corrected chi connectivity index (χ4v) is 3.61. The number of amides is 2. The van der Waals surface area contributed by atoms with E-state index in [1.807, 2.05) is 20.8 Å². The average molecular weight is 432 g/mol. The molecule has 1 unspecified atom stereocenters. The van der Waals surface area contributed by atoms with Gasteiger partial charge in [0.1, 0.15) is 23.2 Å². The number of benzene rings is 1. The minimum atomic E-state index is -0.521. The Balaban J connectivity index is 1.63. The molecule has 31 heavy (non-hydrogen) atoms. The summed E-state index contributed by atoms with van der Waals surface area (Å²) < 4.78 is 24.3. The molecule has 1 saturated heterocycles. The van der Waals surface area contributed by atoms with Crippen LogP contribution in [0.5, 0.6) is 0 Å². The van der Waals surface area contributed by atoms with Crippen molar-refractivity contribution >= 4 is 12.0 Å². The van der Waals surface area contributed by atoms with Gasteiger partial charge in [-0.25, -0.2) is 14.2 Å². The molecule has 1 N–H and O–H groups in total. The quantitative estimate of drug-likeness (QED) is 0.746. The zero-order chi connectivity index (χ0) is 22.6. The Labute approximate surface area is 182 Å². The van der Waals surface area contributed by atoms with Crippen molar-refractivity contribution in [2.75, 3.05) is 13.1 Å². The molecule has 1 fully saturated rings. The predicted octanol–water partition coefficient (Wildman–Crippen LogP) is 4.63. The van der Waals surface area contributed by atoms with Crippen LogP contribution < -0.4 is 5.32 Å². The molecule has 0 radical (unpaired) electrons. The first-order valence-electron chi connectivity index (χ1n) is 10.6. The van der Waals surface area contributed by atoms with E-state index < -0.39 is 17.5 Å². The van der Waals surface area contributed by atoms with Crippen molar-refractivity contribution in [1.82, 2.24) is 15.2 Å². The second kappa shape index (κ2) is 9.49. The molecule has 1 aromatic carbocycles. The van der Waals surface area contributed by atoms with Gasteiger partial charge in [0.2, 0.25) is 5.89 Å². The van der Waals surface area contributed by atoms with Crippen LogP contribution in [0.2, 0.25) is 0 Å². The van der Waals surface area contributed by atoms with Crippen molar-refractivity contribution in [3.63, 3.8) is 0 Å². The van der Waals surface area contributed by atoms with E-state index in [0.29, 0.717) is 36.7 Å². The van der Waals surface area contributed by atoms with Gasteiger partial charge in [-0.15, -0.1) is 0 Å². The molecule has 0 saturated carbocycles. The molecule has 7 nitrogen and oxygen atoms in total. The number of ether oxygens (including phenoxy) is 1. The van der Waals surface area contributed by atoms with Crippen molar-refractivity contribution in [2.45, 2.75) is 58.6 Å². The molecule has 3 rings (SSSR count). The molecule has 8 heteroatoms. The molecule has 2 amide bonds. The van der Waals surface area contributed by atoms with Crippen molar-refractivity contribution < 1.29 is 23.1 Å². The van der Waals surface area contributed by atoms with Gasteiger partial charge in [0, 0.05) is 18.7 Å². The molecule has 168 valence electrons. The summed E-state index contributed by atoms with van der Waals surface area (Å²) in [6, 6.07) is 4.99. The topological polar surface area (TPSA) is 84.7 Å². The van der Waals surface area contributed by atoms with Crippen molar-refractivity contribution in [3.05, 3.63) is 53.5 Å². The molecule has 0 aliphatic carbocycles. The van der Waals surface area contributed by atoms with Crippen LogP contribution in [0.25, 0.3) is 0 Å². The number of aryl methyl sites for hydroxylation is 1. The lowest BCUT2D eigenvalue weighted by Crippen LogP contribution is -2.42. The second-order valence-electron chi connectivity index (χ2n) is 8.99. The highest BCUT2D eigenvalue weighted by atomic mass is 19.1. The van der Waals surface area contributed by atoms with Gasteiger partial charge in [-0.2, -0.15) is 0 Å². The predicted molar refractivity (Wildman–Crippen MR) is 113 cm³/mol. The summed E-state index contributed by atoms with van der Waals surface area (Å²) in [6.07, 6.45) is 3.55. The summed E-state index contributed by atoms with van der Waals surface area (Å²) in [5, 5.41) is 2.97. The first kappa shape index (κ1) is 22.8. The molecule has 2 aromatic rings. The maximum Gasteiger partial charge on any atom is 0.410 e. The van der Waals surface area contributed by atoms with Crippen LogP contribution in [0.3, 0.4) is 0 Å². The standard InChI is InChI=1S/C23H30FN3O4/c1-15-14-25-21(30-15)19(26-20(28)17-5-7-18(24)8-6-17)13-16-9-11-27(12-10-16)22(29)31-23(2,3)4/h5-8,14,16,19H,9-13H2,1-4H3,(H,26,28). The lowest BCUT2D eigenvalue weighted by atomic mass is 9.90. The third-order valence-electron chi connectivity index (χ3n) is 5.18. The highest BCUT2D eigenvalue weighted by Crippen LogP contribution is 2.29. The molecular weight excluding hydrogens is 401 g/mol. The summed E-state index contributed by atoms with van der Waals surface area (Å²) >= 11 is 0. The monoisotopic (exact) mass is 431 g/mol. The van der Waals surface area contributed by atoms with Crippen LogP contribution in [0.1, 0.15) is 68.1 Å². The molecule has 0 bridgehead atoms. The Morgan fingerprint density at radius 2 is 1.90 bits per heavy atom. The number of aromatic nitrogens is 1. The van der Waals surface area contributed by atoms with E-state index in [2.05, 4.69) is 10.3 Å². The molecule has 1 atom stereocenters. The minimum absolute atomic E-state index is 0.282. The van der Waals surface area contributed by atoms with Gasteiger partial charge in [0.15, 0.2) is 0 Å². The SMILES string of the molecule is Cc1cnc(C(CC2CCN(C(=O)OC(C)(C)C)CC2)NC(=O)c2ccc(F)cc2)o1. The van der Waals surface area contributed by atoms with Crippen LogP contribution in [0.15, 0.2) is 34.9 Å². The van der Waals surface area contributed by atoms with Crippen molar-refractivity contribution in [2.24, 2.45) is 5.92 Å². The number of carbonyl (C=O) groups is 2. The van der Waals surface area contributed by atoms with E-state index in [0.717, 1.165) is 12.8 Å². The number of hydrogen-bond acceptors (Lipinski definition) is 5. The van der Waals surface area contributed by atoms with Crippen molar-refractivity contribution in [3.8, 4) is 0 Å². The zero-order valence-electron chi connectivity index (χ0n) is 18.5. The molecular formula is C23H30FN3O4. The first-order valence-corrected chi connectivity index (χ1v) is 10.6. The third kappa shape index (κ3) is 6.54. The Morgan fingerprint density at radius 1 is 1.26 bits per heavy atom. The maximum absolute atomic E-state index is 13.2. The largest absolute Gasteiger partial charge is 0.444 e. The van der Waals surface area contributed by atoms with E-state index in [-0.39, 0.29) is 17.9 Å². The Kier molecular flexibility index (Phi) is 6.97. The maximum atomic E-state index is 13.2. The normalized spacial score (nSPS) is 16.1.